The topological polar surface area (TPSA) is 72.9 Å². The summed E-state index contributed by atoms with van der Waals surface area (Å²) in [6.45, 7) is 4.23. The van der Waals surface area contributed by atoms with Gasteiger partial charge in [0.2, 0.25) is 0 Å². The van der Waals surface area contributed by atoms with Crippen LogP contribution < -0.4 is 0 Å². The highest BCUT2D eigenvalue weighted by atomic mass is 16.7. The average Bonchev–Trinajstić information content (AvgIpc) is 2.69. The summed E-state index contributed by atoms with van der Waals surface area (Å²) in [5.74, 6) is -1.85. The maximum atomic E-state index is 12.0. The van der Waals surface area contributed by atoms with Crippen LogP contribution in [0.15, 0.2) is 24.3 Å². The van der Waals surface area contributed by atoms with Gasteiger partial charge in [-0.15, -0.1) is 0 Å². The lowest BCUT2D eigenvalue weighted by Crippen LogP contribution is -2.32. The van der Waals surface area contributed by atoms with Crippen molar-refractivity contribution < 1.29 is 24.0 Å². The van der Waals surface area contributed by atoms with Gasteiger partial charge in [-0.3, -0.25) is 9.59 Å². The molecule has 6 nitrogen and oxygen atoms in total. The van der Waals surface area contributed by atoms with E-state index in [1.54, 1.807) is 12.1 Å². The first-order valence-electron chi connectivity index (χ1n) is 6.81. The molecular weight excluding hydrogens is 274 g/mol. The first kappa shape index (κ1) is 15.2. The second-order valence-corrected chi connectivity index (χ2v) is 4.94. The summed E-state index contributed by atoms with van der Waals surface area (Å²) in [5.41, 5.74) is 0.497. The highest BCUT2D eigenvalue weighted by molar-refractivity contribution is 6.20. The molecule has 21 heavy (non-hydrogen) atoms. The Balaban J connectivity index is 1.88. The van der Waals surface area contributed by atoms with Gasteiger partial charge in [0, 0.05) is 6.61 Å². The third kappa shape index (κ3) is 3.46. The zero-order valence-electron chi connectivity index (χ0n) is 12.0. The van der Waals surface area contributed by atoms with Crippen molar-refractivity contribution in [1.29, 1.82) is 0 Å². The van der Waals surface area contributed by atoms with E-state index in [0.29, 0.717) is 18.1 Å². The monoisotopic (exact) mass is 291 g/mol. The highest BCUT2D eigenvalue weighted by Gasteiger charge is 2.38. The Morgan fingerprint density at radius 2 is 1.71 bits per heavy atom. The summed E-state index contributed by atoms with van der Waals surface area (Å²) in [4.78, 5) is 40.5. The number of hydroxylamine groups is 2. The van der Waals surface area contributed by atoms with Crippen LogP contribution in [-0.4, -0.2) is 35.6 Å². The number of hydrogen-bond donors (Lipinski definition) is 0. The lowest BCUT2D eigenvalue weighted by Gasteiger charge is -2.13. The first-order valence-corrected chi connectivity index (χ1v) is 6.81. The second-order valence-electron chi connectivity index (χ2n) is 4.94. The Morgan fingerprint density at radius 3 is 2.24 bits per heavy atom. The summed E-state index contributed by atoms with van der Waals surface area (Å²) >= 11 is 0. The number of imide groups is 1. The zero-order valence-corrected chi connectivity index (χ0v) is 12.0. The molecule has 1 aromatic rings. The Morgan fingerprint density at radius 1 is 1.14 bits per heavy atom. The van der Waals surface area contributed by atoms with E-state index < -0.39 is 17.8 Å². The predicted molar refractivity (Wildman–Crippen MR) is 73.4 cm³/mol. The Bertz CT molecular complexity index is 532. The van der Waals surface area contributed by atoms with Crippen LogP contribution in [0, 0.1) is 0 Å². The van der Waals surface area contributed by atoms with Crippen molar-refractivity contribution in [2.75, 3.05) is 6.61 Å². The van der Waals surface area contributed by atoms with Gasteiger partial charge >= 0.3 is 5.97 Å². The molecule has 1 aliphatic heterocycles. The van der Waals surface area contributed by atoms with Gasteiger partial charge in [-0.2, -0.15) is 0 Å². The van der Waals surface area contributed by atoms with Crippen molar-refractivity contribution in [1.82, 2.24) is 5.06 Å². The van der Waals surface area contributed by atoms with Crippen LogP contribution in [0.1, 0.15) is 47.4 Å². The van der Waals surface area contributed by atoms with Gasteiger partial charge in [-0.25, -0.2) is 4.79 Å². The minimum atomic E-state index is -0.628. The number of carbonyl (C=O) groups is 3. The Labute approximate surface area is 122 Å². The smallest absolute Gasteiger partial charge is 0.333 e. The summed E-state index contributed by atoms with van der Waals surface area (Å²) in [7, 11) is 0. The fourth-order valence-corrected chi connectivity index (χ4v) is 1.93. The van der Waals surface area contributed by atoms with Crippen molar-refractivity contribution in [3.05, 3.63) is 35.4 Å². The number of nitrogens with zero attached hydrogens (tertiary/aromatic N) is 1. The molecule has 2 amide bonds. The molecule has 0 aliphatic carbocycles. The van der Waals surface area contributed by atoms with Crippen LogP contribution >= 0.6 is 0 Å². The van der Waals surface area contributed by atoms with E-state index in [0.717, 1.165) is 0 Å². The van der Waals surface area contributed by atoms with Crippen LogP contribution in [0.3, 0.4) is 0 Å². The van der Waals surface area contributed by atoms with Crippen LogP contribution in [0.2, 0.25) is 0 Å². The van der Waals surface area contributed by atoms with Crippen LogP contribution in [0.25, 0.3) is 0 Å². The van der Waals surface area contributed by atoms with Gasteiger partial charge in [0.05, 0.1) is 23.7 Å². The van der Waals surface area contributed by atoms with E-state index in [9.17, 15) is 14.4 Å². The second kappa shape index (κ2) is 6.49. The summed E-state index contributed by atoms with van der Waals surface area (Å²) in [6.07, 6.45) is 0.651. The lowest BCUT2D eigenvalue weighted by molar-refractivity contribution is -0.168. The molecule has 1 heterocycles. The van der Waals surface area contributed by atoms with E-state index in [1.165, 1.54) is 12.1 Å². The van der Waals surface area contributed by atoms with Gasteiger partial charge in [0.25, 0.3) is 11.8 Å². The zero-order chi connectivity index (χ0) is 15.4. The number of benzene rings is 1. The maximum absolute atomic E-state index is 12.0. The number of fused-ring (bicyclic) bond motifs is 1. The first-order chi connectivity index (χ1) is 10.0. The fraction of sp³-hybridized carbons (Fsp3) is 0.400. The minimum Gasteiger partial charge on any atom is -0.379 e. The number of carbonyl (C=O) groups excluding carboxylic acids is 3. The third-order valence-electron chi connectivity index (χ3n) is 2.93. The normalized spacial score (nSPS) is 13.8. The molecule has 0 spiro atoms. The molecule has 0 saturated heterocycles. The predicted octanol–water partition coefficient (Wildman–Crippen LogP) is 1.95. The molecule has 0 bridgehead atoms. The number of ether oxygens (including phenoxy) is 1. The van der Waals surface area contributed by atoms with E-state index in [-0.39, 0.29) is 23.7 Å². The van der Waals surface area contributed by atoms with Gasteiger partial charge in [-0.05, 0) is 32.4 Å². The average molecular weight is 291 g/mol. The number of hydrogen-bond acceptors (Lipinski definition) is 5. The van der Waals surface area contributed by atoms with Crippen molar-refractivity contribution >= 4 is 17.8 Å². The summed E-state index contributed by atoms with van der Waals surface area (Å²) in [6, 6.07) is 6.36. The molecule has 0 unspecified atom stereocenters. The van der Waals surface area contributed by atoms with Crippen molar-refractivity contribution in [2.24, 2.45) is 0 Å². The third-order valence-corrected chi connectivity index (χ3v) is 2.93. The van der Waals surface area contributed by atoms with E-state index in [4.69, 9.17) is 9.57 Å². The van der Waals surface area contributed by atoms with Crippen molar-refractivity contribution in [2.45, 2.75) is 32.8 Å². The van der Waals surface area contributed by atoms with Crippen molar-refractivity contribution in [3.63, 3.8) is 0 Å². The van der Waals surface area contributed by atoms with E-state index >= 15 is 0 Å². The number of amides is 2. The fourth-order valence-electron chi connectivity index (χ4n) is 1.93. The molecule has 2 rings (SSSR count). The molecule has 6 heteroatoms. The largest absolute Gasteiger partial charge is 0.379 e. The quantitative estimate of drug-likeness (QED) is 0.591. The van der Waals surface area contributed by atoms with Gasteiger partial charge < -0.3 is 9.57 Å². The molecule has 0 radical (unpaired) electrons. The summed E-state index contributed by atoms with van der Waals surface area (Å²) < 4.78 is 5.30. The van der Waals surface area contributed by atoms with Crippen LogP contribution in [-0.2, 0) is 14.4 Å². The Kier molecular flexibility index (Phi) is 4.70. The molecule has 1 aliphatic rings. The SMILES string of the molecule is CC(C)OCCCC(=O)ON1C(=O)c2ccccc2C1=O. The van der Waals surface area contributed by atoms with Crippen LogP contribution in [0.4, 0.5) is 0 Å². The number of rotatable bonds is 6. The van der Waals surface area contributed by atoms with Crippen molar-refractivity contribution in [3.8, 4) is 0 Å². The molecule has 112 valence electrons. The maximum Gasteiger partial charge on any atom is 0.333 e. The highest BCUT2D eigenvalue weighted by Crippen LogP contribution is 2.22. The van der Waals surface area contributed by atoms with E-state index in [2.05, 4.69) is 0 Å². The summed E-state index contributed by atoms with van der Waals surface area (Å²) in [5, 5.41) is 0.524. The molecule has 0 saturated carbocycles. The molecule has 0 aromatic heterocycles. The van der Waals surface area contributed by atoms with E-state index in [1.807, 2.05) is 13.8 Å². The van der Waals surface area contributed by atoms with Gasteiger partial charge in [-0.1, -0.05) is 17.2 Å². The van der Waals surface area contributed by atoms with Gasteiger partial charge in [0.1, 0.15) is 0 Å². The molecule has 1 aromatic carbocycles. The molecule has 0 fully saturated rings. The standard InChI is InChI=1S/C15H17NO5/c1-10(2)20-9-5-8-13(17)21-16-14(18)11-6-3-4-7-12(11)15(16)19/h3-4,6-7,10H,5,8-9H2,1-2H3. The molecular formula is C15H17NO5. The van der Waals surface area contributed by atoms with Gasteiger partial charge in [0.15, 0.2) is 0 Å². The minimum absolute atomic E-state index is 0.0835. The molecule has 0 N–H and O–H groups in total. The lowest BCUT2D eigenvalue weighted by atomic mass is 10.1. The van der Waals surface area contributed by atoms with Crippen LogP contribution in [0.5, 0.6) is 0 Å². The Hall–Kier alpha value is -2.21. The molecule has 0 atom stereocenters.